The number of amides is 2. The Kier molecular flexibility index (Phi) is 9.31. The monoisotopic (exact) mass is 499 g/mol. The summed E-state index contributed by atoms with van der Waals surface area (Å²) in [6.07, 6.45) is 1.48. The SMILES string of the molecule is CCOc1cc(/C=N\NC(=O)CNC(=O)c2ccc(Cl)cc2)ccc1OCc1ccc(Cl)cc1. The number of rotatable bonds is 10. The normalized spacial score (nSPS) is 10.7. The quantitative estimate of drug-likeness (QED) is 0.308. The highest BCUT2D eigenvalue weighted by atomic mass is 35.5. The lowest BCUT2D eigenvalue weighted by atomic mass is 10.2. The summed E-state index contributed by atoms with van der Waals surface area (Å²) in [4.78, 5) is 24.0. The van der Waals surface area contributed by atoms with Crippen LogP contribution in [-0.4, -0.2) is 31.2 Å². The van der Waals surface area contributed by atoms with Crippen LogP contribution in [0.25, 0.3) is 0 Å². The van der Waals surface area contributed by atoms with Crippen molar-refractivity contribution in [3.8, 4) is 11.5 Å². The minimum Gasteiger partial charge on any atom is -0.490 e. The Labute approximate surface area is 207 Å². The summed E-state index contributed by atoms with van der Waals surface area (Å²) in [6, 6.07) is 19.1. The van der Waals surface area contributed by atoms with E-state index in [9.17, 15) is 9.59 Å². The zero-order valence-corrected chi connectivity index (χ0v) is 19.9. The van der Waals surface area contributed by atoms with E-state index < -0.39 is 5.91 Å². The van der Waals surface area contributed by atoms with E-state index >= 15 is 0 Å². The van der Waals surface area contributed by atoms with Crippen LogP contribution in [0.5, 0.6) is 11.5 Å². The topological polar surface area (TPSA) is 89.0 Å². The first kappa shape index (κ1) is 25.1. The highest BCUT2D eigenvalue weighted by Crippen LogP contribution is 2.29. The molecule has 2 amide bonds. The summed E-state index contributed by atoms with van der Waals surface area (Å²) >= 11 is 11.7. The van der Waals surface area contributed by atoms with E-state index in [1.807, 2.05) is 19.1 Å². The number of hydrazone groups is 1. The molecule has 176 valence electrons. The van der Waals surface area contributed by atoms with Crippen LogP contribution < -0.4 is 20.2 Å². The number of hydrogen-bond acceptors (Lipinski definition) is 5. The predicted molar refractivity (Wildman–Crippen MR) is 133 cm³/mol. The van der Waals surface area contributed by atoms with E-state index in [0.717, 1.165) is 5.56 Å². The maximum absolute atomic E-state index is 12.0. The molecule has 2 N–H and O–H groups in total. The molecule has 0 bridgehead atoms. The molecular formula is C25H23Cl2N3O4. The van der Waals surface area contributed by atoms with Crippen LogP contribution in [0.4, 0.5) is 0 Å². The second-order valence-electron chi connectivity index (χ2n) is 7.04. The minimum absolute atomic E-state index is 0.222. The first-order chi connectivity index (χ1) is 16.4. The van der Waals surface area contributed by atoms with Crippen molar-refractivity contribution in [2.45, 2.75) is 13.5 Å². The molecule has 34 heavy (non-hydrogen) atoms. The molecule has 7 nitrogen and oxygen atoms in total. The Morgan fingerprint density at radius 2 is 1.59 bits per heavy atom. The van der Waals surface area contributed by atoms with Gasteiger partial charge in [0.2, 0.25) is 0 Å². The van der Waals surface area contributed by atoms with Gasteiger partial charge in [-0.2, -0.15) is 5.10 Å². The first-order valence-electron chi connectivity index (χ1n) is 10.4. The van der Waals surface area contributed by atoms with Gasteiger partial charge in [0.25, 0.3) is 11.8 Å². The highest BCUT2D eigenvalue weighted by molar-refractivity contribution is 6.30. The lowest BCUT2D eigenvalue weighted by Gasteiger charge is -2.12. The van der Waals surface area contributed by atoms with Crippen molar-refractivity contribution in [1.82, 2.24) is 10.7 Å². The molecule has 0 spiro atoms. The number of nitrogens with zero attached hydrogens (tertiary/aromatic N) is 1. The fraction of sp³-hybridized carbons (Fsp3) is 0.160. The molecule has 9 heteroatoms. The summed E-state index contributed by atoms with van der Waals surface area (Å²) in [5.41, 5.74) is 4.46. The average molecular weight is 500 g/mol. The van der Waals surface area contributed by atoms with Gasteiger partial charge in [0.05, 0.1) is 19.4 Å². The zero-order valence-electron chi connectivity index (χ0n) is 18.4. The Hall–Kier alpha value is -3.55. The molecule has 3 aromatic rings. The van der Waals surface area contributed by atoms with Gasteiger partial charge in [0.1, 0.15) is 6.61 Å². The number of ether oxygens (including phenoxy) is 2. The molecule has 0 saturated carbocycles. The molecule has 0 aromatic heterocycles. The number of carbonyl (C=O) groups is 2. The van der Waals surface area contributed by atoms with Crippen LogP contribution in [-0.2, 0) is 11.4 Å². The van der Waals surface area contributed by atoms with Gasteiger partial charge in [-0.05, 0) is 72.6 Å². The molecule has 0 aliphatic heterocycles. The lowest BCUT2D eigenvalue weighted by Crippen LogP contribution is -2.34. The third kappa shape index (κ3) is 7.79. The van der Waals surface area contributed by atoms with Crippen LogP contribution >= 0.6 is 23.2 Å². The van der Waals surface area contributed by atoms with Gasteiger partial charge in [-0.25, -0.2) is 5.43 Å². The number of carbonyl (C=O) groups excluding carboxylic acids is 2. The molecule has 0 unspecified atom stereocenters. The zero-order chi connectivity index (χ0) is 24.3. The Morgan fingerprint density at radius 3 is 2.26 bits per heavy atom. The summed E-state index contributed by atoms with van der Waals surface area (Å²) < 4.78 is 11.6. The van der Waals surface area contributed by atoms with Gasteiger partial charge in [0.15, 0.2) is 11.5 Å². The molecule has 0 radical (unpaired) electrons. The minimum atomic E-state index is -0.466. The summed E-state index contributed by atoms with van der Waals surface area (Å²) in [7, 11) is 0. The van der Waals surface area contributed by atoms with Crippen molar-refractivity contribution in [2.24, 2.45) is 5.10 Å². The van der Waals surface area contributed by atoms with E-state index in [1.54, 1.807) is 54.6 Å². The van der Waals surface area contributed by atoms with Gasteiger partial charge >= 0.3 is 0 Å². The number of benzene rings is 3. The third-order valence-electron chi connectivity index (χ3n) is 4.49. The van der Waals surface area contributed by atoms with E-state index in [4.69, 9.17) is 32.7 Å². The van der Waals surface area contributed by atoms with Crippen LogP contribution in [0, 0.1) is 0 Å². The Bertz CT molecular complexity index is 1150. The Balaban J connectivity index is 1.52. The van der Waals surface area contributed by atoms with Gasteiger partial charge in [-0.3, -0.25) is 9.59 Å². The molecule has 0 aliphatic carbocycles. The standard InChI is InChI=1S/C25H23Cl2N3O4/c1-2-33-23-13-18(5-12-22(23)34-16-17-3-8-20(26)9-4-17)14-29-30-24(31)15-28-25(32)19-6-10-21(27)11-7-19/h3-14H,2,15-16H2,1H3,(H,28,32)(H,30,31)/b29-14-. The maximum atomic E-state index is 12.0. The predicted octanol–water partition coefficient (Wildman–Crippen LogP) is 4.85. The van der Waals surface area contributed by atoms with Gasteiger partial charge < -0.3 is 14.8 Å². The fourth-order valence-corrected chi connectivity index (χ4v) is 3.07. The van der Waals surface area contributed by atoms with Crippen molar-refractivity contribution >= 4 is 41.2 Å². The van der Waals surface area contributed by atoms with E-state index in [2.05, 4.69) is 15.8 Å². The van der Waals surface area contributed by atoms with Crippen LogP contribution in [0.1, 0.15) is 28.4 Å². The van der Waals surface area contributed by atoms with Crippen molar-refractivity contribution in [3.63, 3.8) is 0 Å². The molecular weight excluding hydrogens is 477 g/mol. The van der Waals surface area contributed by atoms with Gasteiger partial charge in [-0.1, -0.05) is 35.3 Å². The second-order valence-corrected chi connectivity index (χ2v) is 7.91. The summed E-state index contributed by atoms with van der Waals surface area (Å²) in [5.74, 6) is 0.294. The van der Waals surface area contributed by atoms with Gasteiger partial charge in [0, 0.05) is 15.6 Å². The summed E-state index contributed by atoms with van der Waals surface area (Å²) in [5, 5.41) is 7.64. The van der Waals surface area contributed by atoms with E-state index in [1.165, 1.54) is 6.21 Å². The molecule has 3 aromatic carbocycles. The van der Waals surface area contributed by atoms with Crippen molar-refractivity contribution in [1.29, 1.82) is 0 Å². The maximum Gasteiger partial charge on any atom is 0.259 e. The molecule has 0 heterocycles. The Morgan fingerprint density at radius 1 is 0.912 bits per heavy atom. The van der Waals surface area contributed by atoms with Crippen molar-refractivity contribution < 1.29 is 19.1 Å². The largest absolute Gasteiger partial charge is 0.490 e. The van der Waals surface area contributed by atoms with Crippen LogP contribution in [0.2, 0.25) is 10.0 Å². The molecule has 0 aliphatic rings. The molecule has 0 saturated heterocycles. The van der Waals surface area contributed by atoms with Crippen LogP contribution in [0.15, 0.2) is 71.8 Å². The van der Waals surface area contributed by atoms with E-state index in [-0.39, 0.29) is 12.5 Å². The van der Waals surface area contributed by atoms with Crippen LogP contribution in [0.3, 0.4) is 0 Å². The molecule has 0 fully saturated rings. The second kappa shape index (κ2) is 12.6. The average Bonchev–Trinajstić information content (AvgIpc) is 2.84. The number of nitrogens with one attached hydrogen (secondary N) is 2. The third-order valence-corrected chi connectivity index (χ3v) is 5.00. The molecule has 3 rings (SSSR count). The first-order valence-corrected chi connectivity index (χ1v) is 11.2. The van der Waals surface area contributed by atoms with Crippen molar-refractivity contribution in [3.05, 3.63) is 93.5 Å². The molecule has 0 atom stereocenters. The highest BCUT2D eigenvalue weighted by Gasteiger charge is 2.09. The smallest absolute Gasteiger partial charge is 0.259 e. The van der Waals surface area contributed by atoms with E-state index in [0.29, 0.717) is 45.9 Å². The summed E-state index contributed by atoms with van der Waals surface area (Å²) in [6.45, 7) is 2.48. The number of halogens is 2. The van der Waals surface area contributed by atoms with Gasteiger partial charge in [-0.15, -0.1) is 0 Å². The fourth-order valence-electron chi connectivity index (χ4n) is 2.82. The number of hydrogen-bond donors (Lipinski definition) is 2. The lowest BCUT2D eigenvalue weighted by molar-refractivity contribution is -0.120. The van der Waals surface area contributed by atoms with Crippen molar-refractivity contribution in [2.75, 3.05) is 13.2 Å².